The Kier molecular flexibility index (Phi) is 6.32. The van der Waals surface area contributed by atoms with Crippen LogP contribution in [0, 0.1) is 19.7 Å². The van der Waals surface area contributed by atoms with E-state index in [0.29, 0.717) is 0 Å². The minimum Gasteiger partial charge on any atom is -0.369 e. The first kappa shape index (κ1) is 19.2. The standard InChI is InChI=1S/C20H28FN5O/c1-14-19(15(2)27-25-14)9-10-23-20(22-3)24-17-7-5-11-26(13-17)18-8-4-6-16(21)12-18/h4,6,8,12,17H,5,7,9-11,13H2,1-3H3,(H2,22,23,24). The van der Waals surface area contributed by atoms with Gasteiger partial charge >= 0.3 is 0 Å². The maximum Gasteiger partial charge on any atom is 0.191 e. The molecule has 2 heterocycles. The number of aromatic nitrogens is 1. The number of nitrogens with zero attached hydrogens (tertiary/aromatic N) is 3. The molecule has 2 aromatic rings. The molecule has 7 heteroatoms. The molecule has 0 aliphatic carbocycles. The average Bonchev–Trinajstić information content (AvgIpc) is 2.99. The van der Waals surface area contributed by atoms with Gasteiger partial charge in [-0.15, -0.1) is 0 Å². The normalized spacial score (nSPS) is 17.9. The highest BCUT2D eigenvalue weighted by molar-refractivity contribution is 5.80. The van der Waals surface area contributed by atoms with Gasteiger partial charge in [-0.3, -0.25) is 4.99 Å². The number of aliphatic imine (C=N–C) groups is 1. The van der Waals surface area contributed by atoms with Crippen LogP contribution in [0.15, 0.2) is 33.8 Å². The molecule has 27 heavy (non-hydrogen) atoms. The molecule has 1 fully saturated rings. The van der Waals surface area contributed by atoms with E-state index in [-0.39, 0.29) is 11.9 Å². The molecular weight excluding hydrogens is 345 g/mol. The van der Waals surface area contributed by atoms with Crippen LogP contribution in [0.3, 0.4) is 0 Å². The predicted octanol–water partition coefficient (Wildman–Crippen LogP) is 2.81. The van der Waals surface area contributed by atoms with Crippen molar-refractivity contribution in [2.45, 2.75) is 39.2 Å². The molecule has 1 aromatic heterocycles. The summed E-state index contributed by atoms with van der Waals surface area (Å²) in [7, 11) is 1.78. The lowest BCUT2D eigenvalue weighted by atomic mass is 10.0. The largest absolute Gasteiger partial charge is 0.369 e. The Morgan fingerprint density at radius 1 is 1.41 bits per heavy atom. The van der Waals surface area contributed by atoms with Gasteiger partial charge in [-0.25, -0.2) is 4.39 Å². The Morgan fingerprint density at radius 2 is 2.26 bits per heavy atom. The Bertz CT molecular complexity index is 769. The first-order chi connectivity index (χ1) is 13.1. The van der Waals surface area contributed by atoms with Crippen molar-refractivity contribution in [2.24, 2.45) is 4.99 Å². The van der Waals surface area contributed by atoms with Crippen molar-refractivity contribution in [3.63, 3.8) is 0 Å². The second kappa shape index (κ2) is 8.88. The summed E-state index contributed by atoms with van der Waals surface area (Å²) in [5, 5.41) is 10.8. The average molecular weight is 373 g/mol. The number of benzene rings is 1. The maximum atomic E-state index is 13.5. The maximum absolute atomic E-state index is 13.5. The third-order valence-corrected chi connectivity index (χ3v) is 5.01. The SMILES string of the molecule is CN=C(NCCc1c(C)noc1C)NC1CCCN(c2cccc(F)c2)C1. The Labute approximate surface area is 159 Å². The van der Waals surface area contributed by atoms with E-state index in [1.807, 2.05) is 19.9 Å². The molecule has 0 saturated carbocycles. The summed E-state index contributed by atoms with van der Waals surface area (Å²) in [5.74, 6) is 1.46. The van der Waals surface area contributed by atoms with Crippen molar-refractivity contribution in [1.82, 2.24) is 15.8 Å². The van der Waals surface area contributed by atoms with E-state index in [9.17, 15) is 4.39 Å². The lowest BCUT2D eigenvalue weighted by Gasteiger charge is -2.35. The third kappa shape index (κ3) is 4.99. The van der Waals surface area contributed by atoms with E-state index in [0.717, 1.165) is 67.6 Å². The molecule has 1 saturated heterocycles. The number of piperidine rings is 1. The van der Waals surface area contributed by atoms with Gasteiger partial charge < -0.3 is 20.1 Å². The summed E-state index contributed by atoms with van der Waals surface area (Å²) in [5.41, 5.74) is 3.02. The topological polar surface area (TPSA) is 65.7 Å². The van der Waals surface area contributed by atoms with Crippen LogP contribution in [-0.4, -0.2) is 43.8 Å². The fourth-order valence-corrected chi connectivity index (χ4v) is 3.55. The number of halogens is 1. The van der Waals surface area contributed by atoms with Crippen molar-refractivity contribution < 1.29 is 8.91 Å². The number of aryl methyl sites for hydroxylation is 2. The number of hydrogen-bond donors (Lipinski definition) is 2. The summed E-state index contributed by atoms with van der Waals surface area (Å²) >= 11 is 0. The summed E-state index contributed by atoms with van der Waals surface area (Å²) in [6, 6.07) is 7.07. The Morgan fingerprint density at radius 3 is 2.96 bits per heavy atom. The zero-order chi connectivity index (χ0) is 19.2. The van der Waals surface area contributed by atoms with Crippen LogP contribution >= 0.6 is 0 Å². The lowest BCUT2D eigenvalue weighted by molar-refractivity contribution is 0.392. The van der Waals surface area contributed by atoms with Crippen molar-refractivity contribution >= 4 is 11.6 Å². The number of rotatable bonds is 5. The molecule has 0 bridgehead atoms. The molecule has 0 amide bonds. The molecule has 146 valence electrons. The number of anilines is 1. The second-order valence-corrected chi connectivity index (χ2v) is 6.96. The van der Waals surface area contributed by atoms with Gasteiger partial charge in [-0.2, -0.15) is 0 Å². The van der Waals surface area contributed by atoms with Crippen molar-refractivity contribution in [2.75, 3.05) is 31.6 Å². The highest BCUT2D eigenvalue weighted by atomic mass is 19.1. The van der Waals surface area contributed by atoms with Gasteiger partial charge in [0.25, 0.3) is 0 Å². The van der Waals surface area contributed by atoms with E-state index in [1.165, 1.54) is 6.07 Å². The van der Waals surface area contributed by atoms with Gasteiger partial charge in [-0.05, 0) is 51.3 Å². The smallest absolute Gasteiger partial charge is 0.191 e. The van der Waals surface area contributed by atoms with E-state index in [1.54, 1.807) is 19.2 Å². The van der Waals surface area contributed by atoms with Crippen LogP contribution in [0.2, 0.25) is 0 Å². The number of nitrogens with one attached hydrogen (secondary N) is 2. The molecule has 1 unspecified atom stereocenters. The monoisotopic (exact) mass is 373 g/mol. The first-order valence-corrected chi connectivity index (χ1v) is 9.46. The molecule has 0 radical (unpaired) electrons. The fourth-order valence-electron chi connectivity index (χ4n) is 3.55. The van der Waals surface area contributed by atoms with Gasteiger partial charge in [0.2, 0.25) is 0 Å². The summed E-state index contributed by atoms with van der Waals surface area (Å²) < 4.78 is 18.7. The summed E-state index contributed by atoms with van der Waals surface area (Å²) in [6.07, 6.45) is 2.96. The predicted molar refractivity (Wildman–Crippen MR) is 106 cm³/mol. The lowest BCUT2D eigenvalue weighted by Crippen LogP contribution is -2.51. The van der Waals surface area contributed by atoms with Crippen LogP contribution in [-0.2, 0) is 6.42 Å². The zero-order valence-corrected chi connectivity index (χ0v) is 16.3. The molecule has 3 rings (SSSR count). The van der Waals surface area contributed by atoms with Gasteiger partial charge in [0.15, 0.2) is 5.96 Å². The molecule has 6 nitrogen and oxygen atoms in total. The quantitative estimate of drug-likeness (QED) is 0.623. The minimum absolute atomic E-state index is 0.195. The fraction of sp³-hybridized carbons (Fsp3) is 0.500. The Balaban J connectivity index is 1.52. The molecule has 1 aliphatic rings. The molecule has 1 aromatic carbocycles. The first-order valence-electron chi connectivity index (χ1n) is 9.46. The van der Waals surface area contributed by atoms with Crippen LogP contribution in [0.25, 0.3) is 0 Å². The minimum atomic E-state index is -0.195. The van der Waals surface area contributed by atoms with Gasteiger partial charge in [-0.1, -0.05) is 11.2 Å². The number of hydrogen-bond acceptors (Lipinski definition) is 4. The Hall–Kier alpha value is -2.57. The zero-order valence-electron chi connectivity index (χ0n) is 16.3. The second-order valence-electron chi connectivity index (χ2n) is 6.96. The van der Waals surface area contributed by atoms with Crippen LogP contribution < -0.4 is 15.5 Å². The van der Waals surface area contributed by atoms with Crippen LogP contribution in [0.1, 0.15) is 29.9 Å². The van der Waals surface area contributed by atoms with Gasteiger partial charge in [0.1, 0.15) is 11.6 Å². The van der Waals surface area contributed by atoms with Crippen molar-refractivity contribution in [1.29, 1.82) is 0 Å². The molecule has 1 atom stereocenters. The van der Waals surface area contributed by atoms with Gasteiger partial charge in [0, 0.05) is 44.0 Å². The van der Waals surface area contributed by atoms with E-state index < -0.39 is 0 Å². The molecular formula is C20H28FN5O. The van der Waals surface area contributed by atoms with Crippen molar-refractivity contribution in [3.05, 3.63) is 47.1 Å². The van der Waals surface area contributed by atoms with E-state index in [4.69, 9.17) is 4.52 Å². The number of guanidine groups is 1. The van der Waals surface area contributed by atoms with Crippen LogP contribution in [0.4, 0.5) is 10.1 Å². The molecule has 2 N–H and O–H groups in total. The summed E-state index contributed by atoms with van der Waals surface area (Å²) in [6.45, 7) is 6.42. The van der Waals surface area contributed by atoms with E-state index in [2.05, 4.69) is 25.7 Å². The van der Waals surface area contributed by atoms with Crippen molar-refractivity contribution in [3.8, 4) is 0 Å². The van der Waals surface area contributed by atoms with E-state index >= 15 is 0 Å². The summed E-state index contributed by atoms with van der Waals surface area (Å²) in [4.78, 5) is 6.56. The highest BCUT2D eigenvalue weighted by Crippen LogP contribution is 2.20. The van der Waals surface area contributed by atoms with Gasteiger partial charge in [0.05, 0.1) is 5.69 Å². The molecule has 0 spiro atoms. The molecule has 1 aliphatic heterocycles. The highest BCUT2D eigenvalue weighted by Gasteiger charge is 2.21. The van der Waals surface area contributed by atoms with Crippen LogP contribution in [0.5, 0.6) is 0 Å². The third-order valence-electron chi connectivity index (χ3n) is 5.01.